The van der Waals surface area contributed by atoms with Crippen molar-refractivity contribution in [1.82, 2.24) is 4.90 Å². The Morgan fingerprint density at radius 1 is 1.40 bits per heavy atom. The Balaban J connectivity index is 4.02. The van der Waals surface area contributed by atoms with Gasteiger partial charge >= 0.3 is 0 Å². The van der Waals surface area contributed by atoms with Crippen LogP contribution in [0.2, 0.25) is 0 Å². The summed E-state index contributed by atoms with van der Waals surface area (Å²) in [5.41, 5.74) is -1.02. The van der Waals surface area contributed by atoms with Crippen molar-refractivity contribution < 1.29 is 10.2 Å². The van der Waals surface area contributed by atoms with Crippen LogP contribution in [0.1, 0.15) is 20.3 Å². The molecule has 1 unspecified atom stereocenters. The molecule has 0 fully saturated rings. The van der Waals surface area contributed by atoms with Gasteiger partial charge in [-0.2, -0.15) is 0 Å². The molecule has 0 aliphatic heterocycles. The molecule has 10 heavy (non-hydrogen) atoms. The lowest BCUT2D eigenvalue weighted by molar-refractivity contribution is -0.127. The van der Waals surface area contributed by atoms with Gasteiger partial charge in [-0.15, -0.1) is 0 Å². The maximum Gasteiger partial charge on any atom is 0.141 e. The van der Waals surface area contributed by atoms with Crippen molar-refractivity contribution in [1.29, 1.82) is 0 Å². The van der Waals surface area contributed by atoms with Gasteiger partial charge in [-0.25, -0.2) is 0 Å². The van der Waals surface area contributed by atoms with Crippen LogP contribution in [0.3, 0.4) is 0 Å². The fourth-order valence-electron chi connectivity index (χ4n) is 0.797. The number of hydrogen-bond donors (Lipinski definition) is 2. The summed E-state index contributed by atoms with van der Waals surface area (Å²) in [5, 5.41) is 18.4. The molecular formula is C7H17NO2. The topological polar surface area (TPSA) is 43.7 Å². The molecule has 62 valence electrons. The summed E-state index contributed by atoms with van der Waals surface area (Å²) in [6.45, 7) is 4.33. The van der Waals surface area contributed by atoms with Crippen molar-refractivity contribution in [3.63, 3.8) is 0 Å². The van der Waals surface area contributed by atoms with Gasteiger partial charge in [0.25, 0.3) is 0 Å². The van der Waals surface area contributed by atoms with Crippen molar-refractivity contribution >= 4 is 0 Å². The largest absolute Gasteiger partial charge is 0.392 e. The highest BCUT2D eigenvalue weighted by atomic mass is 16.3. The lowest BCUT2D eigenvalue weighted by Crippen LogP contribution is -2.48. The number of aliphatic hydroxyl groups is 2. The van der Waals surface area contributed by atoms with Crippen LogP contribution in [0.4, 0.5) is 0 Å². The first-order valence-electron chi connectivity index (χ1n) is 3.65. The van der Waals surface area contributed by atoms with Crippen LogP contribution in [0.5, 0.6) is 0 Å². The Labute approximate surface area is 62.3 Å². The number of aliphatic hydroxyl groups excluding tert-OH is 1. The molecule has 0 saturated heterocycles. The Hall–Kier alpha value is -0.120. The average Bonchev–Trinajstić information content (AvgIpc) is 2.01. The van der Waals surface area contributed by atoms with Crippen molar-refractivity contribution in [3.05, 3.63) is 0 Å². The van der Waals surface area contributed by atoms with E-state index in [4.69, 9.17) is 5.11 Å². The third-order valence-electron chi connectivity index (χ3n) is 2.00. The number of hydrogen-bond acceptors (Lipinski definition) is 3. The third kappa shape index (κ3) is 1.94. The molecular weight excluding hydrogens is 130 g/mol. The Bertz CT molecular complexity index is 91.6. The lowest BCUT2D eigenvalue weighted by Gasteiger charge is -2.33. The quantitative estimate of drug-likeness (QED) is 0.551. The van der Waals surface area contributed by atoms with Crippen LogP contribution >= 0.6 is 0 Å². The molecule has 0 heterocycles. The van der Waals surface area contributed by atoms with Crippen LogP contribution in [0, 0.1) is 0 Å². The zero-order chi connectivity index (χ0) is 8.20. The van der Waals surface area contributed by atoms with E-state index in [0.717, 1.165) is 6.54 Å². The monoisotopic (exact) mass is 147 g/mol. The highest BCUT2D eigenvalue weighted by Gasteiger charge is 2.27. The molecule has 0 rings (SSSR count). The summed E-state index contributed by atoms with van der Waals surface area (Å²) in [6, 6.07) is 0. The van der Waals surface area contributed by atoms with Gasteiger partial charge in [0.2, 0.25) is 0 Å². The van der Waals surface area contributed by atoms with E-state index in [9.17, 15) is 5.11 Å². The summed E-state index contributed by atoms with van der Waals surface area (Å²) in [7, 11) is 1.79. The molecule has 0 aliphatic rings. The van der Waals surface area contributed by atoms with E-state index in [1.165, 1.54) is 0 Å². The molecule has 0 bridgehead atoms. The molecule has 1 atom stereocenters. The molecule has 0 amide bonds. The van der Waals surface area contributed by atoms with Gasteiger partial charge < -0.3 is 10.2 Å². The second kappa shape index (κ2) is 3.91. The van der Waals surface area contributed by atoms with Crippen LogP contribution in [0.15, 0.2) is 0 Å². The highest BCUT2D eigenvalue weighted by Crippen LogP contribution is 2.12. The summed E-state index contributed by atoms with van der Waals surface area (Å²) >= 11 is 0. The first-order chi connectivity index (χ1) is 4.60. The van der Waals surface area contributed by atoms with Gasteiger partial charge in [-0.1, -0.05) is 13.8 Å². The first kappa shape index (κ1) is 9.88. The number of nitrogens with zero attached hydrogens (tertiary/aromatic N) is 1. The lowest BCUT2D eigenvalue weighted by atomic mass is 10.1. The van der Waals surface area contributed by atoms with Crippen molar-refractivity contribution in [3.8, 4) is 0 Å². The number of rotatable bonds is 4. The molecule has 0 aromatic carbocycles. The van der Waals surface area contributed by atoms with Gasteiger partial charge in [0.1, 0.15) is 5.72 Å². The second-order valence-electron chi connectivity index (χ2n) is 2.51. The fourth-order valence-corrected chi connectivity index (χ4v) is 0.797. The molecule has 0 saturated carbocycles. The zero-order valence-corrected chi connectivity index (χ0v) is 6.96. The van der Waals surface area contributed by atoms with Gasteiger partial charge in [0.05, 0.1) is 6.61 Å². The molecule has 2 N–H and O–H groups in total. The van der Waals surface area contributed by atoms with Crippen molar-refractivity contribution in [2.24, 2.45) is 0 Å². The van der Waals surface area contributed by atoms with E-state index in [1.807, 2.05) is 13.8 Å². The Morgan fingerprint density at radius 2 is 1.90 bits per heavy atom. The third-order valence-corrected chi connectivity index (χ3v) is 2.00. The maximum absolute atomic E-state index is 9.57. The summed E-state index contributed by atoms with van der Waals surface area (Å²) < 4.78 is 0. The fraction of sp³-hybridized carbons (Fsp3) is 1.00. The highest BCUT2D eigenvalue weighted by molar-refractivity contribution is 4.73. The molecule has 0 aromatic rings. The van der Waals surface area contributed by atoms with Crippen LogP contribution < -0.4 is 0 Å². The van der Waals surface area contributed by atoms with E-state index in [1.54, 1.807) is 11.9 Å². The maximum atomic E-state index is 9.57. The van der Waals surface area contributed by atoms with E-state index in [-0.39, 0.29) is 6.61 Å². The van der Waals surface area contributed by atoms with Crippen LogP contribution in [0.25, 0.3) is 0 Å². The predicted octanol–water partition coefficient (Wildman–Crippen LogP) is 0.0290. The first-order valence-corrected chi connectivity index (χ1v) is 3.65. The molecule has 3 heteroatoms. The van der Waals surface area contributed by atoms with Crippen LogP contribution in [-0.2, 0) is 0 Å². The molecule has 0 aromatic heterocycles. The van der Waals surface area contributed by atoms with Gasteiger partial charge in [0.15, 0.2) is 0 Å². The summed E-state index contributed by atoms with van der Waals surface area (Å²) in [4.78, 5) is 1.73. The second-order valence-corrected chi connectivity index (χ2v) is 2.51. The molecule has 0 radical (unpaired) electrons. The van der Waals surface area contributed by atoms with E-state index >= 15 is 0 Å². The number of likely N-dealkylation sites (N-methyl/N-ethyl adjacent to an activating group) is 1. The minimum absolute atomic E-state index is 0.201. The Morgan fingerprint density at radius 3 is 2.00 bits per heavy atom. The molecule has 3 nitrogen and oxygen atoms in total. The van der Waals surface area contributed by atoms with E-state index < -0.39 is 5.72 Å². The molecule has 0 spiro atoms. The zero-order valence-electron chi connectivity index (χ0n) is 6.96. The SMILES string of the molecule is CCN(C)C(O)(CC)CO. The van der Waals surface area contributed by atoms with Gasteiger partial charge in [-0.05, 0) is 20.0 Å². The smallest absolute Gasteiger partial charge is 0.141 e. The normalized spacial score (nSPS) is 17.4. The van der Waals surface area contributed by atoms with E-state index in [0.29, 0.717) is 6.42 Å². The van der Waals surface area contributed by atoms with E-state index in [2.05, 4.69) is 0 Å². The minimum Gasteiger partial charge on any atom is -0.392 e. The minimum atomic E-state index is -1.02. The Kier molecular flexibility index (Phi) is 3.86. The van der Waals surface area contributed by atoms with Crippen molar-refractivity contribution in [2.75, 3.05) is 20.2 Å². The average molecular weight is 147 g/mol. The van der Waals surface area contributed by atoms with Crippen LogP contribution in [-0.4, -0.2) is 41.0 Å². The van der Waals surface area contributed by atoms with Gasteiger partial charge in [0, 0.05) is 0 Å². The van der Waals surface area contributed by atoms with Gasteiger partial charge in [-0.3, -0.25) is 4.90 Å². The molecule has 0 aliphatic carbocycles. The van der Waals surface area contributed by atoms with Crippen molar-refractivity contribution in [2.45, 2.75) is 26.0 Å². The standard InChI is InChI=1S/C7H17NO2/c1-4-7(10,6-9)8(3)5-2/h9-10H,4-6H2,1-3H3. The summed E-state index contributed by atoms with van der Waals surface area (Å²) in [6.07, 6.45) is 0.549. The summed E-state index contributed by atoms with van der Waals surface area (Å²) in [5.74, 6) is 0. The predicted molar refractivity (Wildman–Crippen MR) is 40.6 cm³/mol.